The van der Waals surface area contributed by atoms with Crippen molar-refractivity contribution in [2.45, 2.75) is 114 Å². The van der Waals surface area contributed by atoms with Gasteiger partial charge in [-0.2, -0.15) is 39.5 Å². The third-order valence-electron chi connectivity index (χ3n) is 7.96. The first-order chi connectivity index (χ1) is 30.4. The number of aliphatic carboxylic acids is 4. The summed E-state index contributed by atoms with van der Waals surface area (Å²) in [5, 5.41) is 52.7. The Bertz CT molecular complexity index is 1790. The molecule has 1 heterocycles. The number of benzene rings is 1. The summed E-state index contributed by atoms with van der Waals surface area (Å²) in [5.74, 6) is -13.3. The van der Waals surface area contributed by atoms with Crippen molar-refractivity contribution in [2.24, 2.45) is 28.1 Å². The molecule has 0 aliphatic carbocycles. The number of rotatable bonds is 17. The third-order valence-corrected chi connectivity index (χ3v) is 7.96. The molecule has 1 aromatic rings. The van der Waals surface area contributed by atoms with Gasteiger partial charge in [0.05, 0.1) is 12.1 Å². The molecule has 0 spiro atoms. The average molecular weight is 993 g/mol. The molecule has 0 unspecified atom stereocenters. The molecule has 1 aliphatic rings. The van der Waals surface area contributed by atoms with Crippen LogP contribution in [0.25, 0.3) is 0 Å². The van der Waals surface area contributed by atoms with Gasteiger partial charge < -0.3 is 67.5 Å². The van der Waals surface area contributed by atoms with Crippen LogP contribution in [0, 0.1) is 5.92 Å². The number of carbonyl (C=O) groups is 8. The summed E-state index contributed by atoms with van der Waals surface area (Å²) in [6, 6.07) is 2.52. The molecular formula is C36H49F9N6O16. The van der Waals surface area contributed by atoms with Crippen LogP contribution in [0.1, 0.15) is 58.4 Å². The van der Waals surface area contributed by atoms with Gasteiger partial charge >= 0.3 is 54.3 Å². The van der Waals surface area contributed by atoms with Crippen molar-refractivity contribution < 1.29 is 118 Å². The van der Waals surface area contributed by atoms with Crippen molar-refractivity contribution in [1.82, 2.24) is 10.2 Å². The zero-order valence-electron chi connectivity index (χ0n) is 35.3. The predicted molar refractivity (Wildman–Crippen MR) is 206 cm³/mol. The Hall–Kier alpha value is -6.66. The first-order valence-electron chi connectivity index (χ1n) is 18.9. The maximum Gasteiger partial charge on any atom is 0.490 e. The Labute approximate surface area is 372 Å². The van der Waals surface area contributed by atoms with Crippen LogP contribution in [0.4, 0.5) is 39.5 Å². The average Bonchev–Trinajstić information content (AvgIpc) is 3.68. The van der Waals surface area contributed by atoms with Crippen molar-refractivity contribution in [2.75, 3.05) is 13.1 Å². The molecule has 0 bridgehead atoms. The number of phenols is 1. The van der Waals surface area contributed by atoms with Gasteiger partial charge in [-0.3, -0.25) is 14.6 Å². The van der Waals surface area contributed by atoms with Crippen LogP contribution in [0.2, 0.25) is 0 Å². The quantitative estimate of drug-likeness (QED) is 0.0342. The number of carbonyl (C=O) groups excluding carboxylic acids is 4. The lowest BCUT2D eigenvalue weighted by molar-refractivity contribution is -0.193. The van der Waals surface area contributed by atoms with E-state index in [2.05, 4.69) is 10.3 Å². The molecule has 1 fully saturated rings. The molecule has 2 rings (SSSR count). The standard InChI is InChI=1S/C30H46N6O10.3C2HF3O2/c1-16(2)14-23(26(40)36-13-5-7-22(36)29(44)46-24(17(3)37)27(41)42)45-28(43)21(15-18-8-10-19(38)11-9-18)35-25(39)20(31)6-4-12-34-30(32)33;3*3-2(4,5)1(6)7/h8-11,16-17,20-24,37-38H,4-7,12-15,31H2,1-3H3,(H,35,39)(H,41,42)(H4,32,33,34);3*(H,6,7)/t17-,20+,21+,22+,23+,24+;;;/m1.../s1. The highest BCUT2D eigenvalue weighted by molar-refractivity contribution is 5.92. The molecule has 0 aromatic heterocycles. The molecule has 13 N–H and O–H groups in total. The van der Waals surface area contributed by atoms with E-state index in [9.17, 15) is 78.8 Å². The van der Waals surface area contributed by atoms with Crippen molar-refractivity contribution in [1.29, 1.82) is 0 Å². The number of aliphatic hydroxyl groups is 1. The van der Waals surface area contributed by atoms with Crippen LogP contribution in [0.15, 0.2) is 29.3 Å². The maximum atomic E-state index is 13.7. The number of alkyl halides is 9. The van der Waals surface area contributed by atoms with Gasteiger partial charge in [-0.15, -0.1) is 0 Å². The number of carboxylic acid groups (broad SMARTS) is 4. The van der Waals surface area contributed by atoms with Gasteiger partial charge in [0.15, 0.2) is 12.1 Å². The molecule has 6 atom stereocenters. The number of amides is 2. The number of nitrogens with one attached hydrogen (secondary N) is 1. The Morgan fingerprint density at radius 3 is 1.67 bits per heavy atom. The van der Waals surface area contributed by atoms with E-state index in [1.54, 1.807) is 26.0 Å². The number of esters is 2. The van der Waals surface area contributed by atoms with E-state index >= 15 is 0 Å². The van der Waals surface area contributed by atoms with E-state index in [4.69, 9.17) is 56.4 Å². The number of phenolic OH excluding ortho intramolecular Hbond substituents is 1. The normalized spacial score (nSPS) is 15.7. The maximum absolute atomic E-state index is 13.7. The summed E-state index contributed by atoms with van der Waals surface area (Å²) in [6.45, 7) is 5.15. The predicted octanol–water partition coefficient (Wildman–Crippen LogP) is 1.03. The fraction of sp³-hybridized carbons (Fsp3) is 0.583. The summed E-state index contributed by atoms with van der Waals surface area (Å²) in [7, 11) is 0. The molecule has 31 heteroatoms. The van der Waals surface area contributed by atoms with Crippen molar-refractivity contribution >= 4 is 53.6 Å². The SMILES string of the molecule is CC(C)C[C@H](OC(=O)[C@H](Cc1ccc(O)cc1)NC(=O)[C@@H](N)CCCN=C(N)N)C(=O)N1CCC[C@H]1C(=O)O[C@H](C(=O)O)[C@@H](C)O.O=C(O)C(F)(F)F.O=C(O)C(F)(F)F.O=C(O)C(F)(F)F. The van der Waals surface area contributed by atoms with Gasteiger partial charge in [-0.25, -0.2) is 28.8 Å². The van der Waals surface area contributed by atoms with E-state index in [0.29, 0.717) is 18.4 Å². The molecular weight excluding hydrogens is 943 g/mol. The number of aliphatic hydroxyl groups excluding tert-OH is 1. The fourth-order valence-electron chi connectivity index (χ4n) is 4.86. The molecule has 1 aliphatic heterocycles. The van der Waals surface area contributed by atoms with E-state index < -0.39 is 103 Å². The first kappa shape index (κ1) is 62.4. The van der Waals surface area contributed by atoms with E-state index in [0.717, 1.165) is 6.92 Å². The Balaban J connectivity index is 0. The molecule has 0 radical (unpaired) electrons. The Morgan fingerprint density at radius 1 is 0.821 bits per heavy atom. The molecule has 1 aromatic carbocycles. The Kier molecular flexibility index (Phi) is 26.5. The number of carboxylic acids is 4. The van der Waals surface area contributed by atoms with Crippen molar-refractivity contribution in [3.63, 3.8) is 0 Å². The number of aliphatic imine (C=N–C) groups is 1. The molecule has 382 valence electrons. The summed E-state index contributed by atoms with van der Waals surface area (Å²) in [5.41, 5.74) is 17.2. The van der Waals surface area contributed by atoms with Crippen LogP contribution < -0.4 is 22.5 Å². The second kappa shape index (κ2) is 28.4. The third kappa shape index (κ3) is 26.2. The first-order valence-corrected chi connectivity index (χ1v) is 18.9. The topological polar surface area (TPSA) is 382 Å². The second-order valence-electron chi connectivity index (χ2n) is 14.1. The van der Waals surface area contributed by atoms with Gasteiger partial charge in [0.1, 0.15) is 17.8 Å². The molecule has 1 saturated heterocycles. The van der Waals surface area contributed by atoms with E-state index in [-0.39, 0.29) is 56.4 Å². The van der Waals surface area contributed by atoms with E-state index in [1.807, 2.05) is 0 Å². The van der Waals surface area contributed by atoms with Crippen LogP contribution >= 0.6 is 0 Å². The Morgan fingerprint density at radius 2 is 1.28 bits per heavy atom. The lowest BCUT2D eigenvalue weighted by Gasteiger charge is -2.30. The van der Waals surface area contributed by atoms with Crippen LogP contribution in [0.5, 0.6) is 5.75 Å². The minimum atomic E-state index is -5.08. The number of ether oxygens (including phenoxy) is 2. The number of hydrogen-bond donors (Lipinski definition) is 10. The van der Waals surface area contributed by atoms with Gasteiger partial charge in [-0.05, 0) is 62.6 Å². The lowest BCUT2D eigenvalue weighted by Crippen LogP contribution is -2.53. The van der Waals surface area contributed by atoms with Gasteiger partial charge in [-0.1, -0.05) is 26.0 Å². The number of aromatic hydroxyl groups is 1. The number of halogens is 9. The molecule has 0 saturated carbocycles. The minimum absolute atomic E-state index is 0.000816. The highest BCUT2D eigenvalue weighted by Crippen LogP contribution is 2.24. The monoisotopic (exact) mass is 992 g/mol. The van der Waals surface area contributed by atoms with Crippen molar-refractivity contribution in [3.05, 3.63) is 29.8 Å². The summed E-state index contributed by atoms with van der Waals surface area (Å²) in [4.78, 5) is 96.4. The highest BCUT2D eigenvalue weighted by atomic mass is 19.4. The van der Waals surface area contributed by atoms with Crippen LogP contribution in [-0.4, -0.2) is 157 Å². The van der Waals surface area contributed by atoms with Crippen molar-refractivity contribution in [3.8, 4) is 5.75 Å². The highest BCUT2D eigenvalue weighted by Gasteiger charge is 2.43. The summed E-state index contributed by atoms with van der Waals surface area (Å²) < 4.78 is 106. The zero-order valence-corrected chi connectivity index (χ0v) is 35.3. The summed E-state index contributed by atoms with van der Waals surface area (Å²) >= 11 is 0. The minimum Gasteiger partial charge on any atom is -0.508 e. The van der Waals surface area contributed by atoms with Gasteiger partial charge in [0.2, 0.25) is 12.0 Å². The molecule has 22 nitrogen and oxygen atoms in total. The van der Waals surface area contributed by atoms with Crippen LogP contribution in [0.3, 0.4) is 0 Å². The lowest BCUT2D eigenvalue weighted by atomic mass is 10.0. The van der Waals surface area contributed by atoms with Gasteiger partial charge in [0.25, 0.3) is 5.91 Å². The van der Waals surface area contributed by atoms with Crippen LogP contribution in [-0.2, 0) is 54.3 Å². The number of guanidine groups is 1. The largest absolute Gasteiger partial charge is 0.508 e. The van der Waals surface area contributed by atoms with Gasteiger partial charge in [0, 0.05) is 19.5 Å². The fourth-order valence-corrected chi connectivity index (χ4v) is 4.86. The molecule has 67 heavy (non-hydrogen) atoms. The number of nitrogens with two attached hydrogens (primary N) is 3. The smallest absolute Gasteiger partial charge is 0.490 e. The number of likely N-dealkylation sites (tertiary alicyclic amines) is 1. The number of nitrogens with zero attached hydrogens (tertiary/aromatic N) is 2. The van der Waals surface area contributed by atoms with E-state index in [1.165, 1.54) is 17.0 Å². The molecule has 2 amide bonds. The second-order valence-corrected chi connectivity index (χ2v) is 14.1. The number of hydrogen-bond acceptors (Lipinski definition) is 14. The zero-order chi connectivity index (χ0) is 52.8. The summed E-state index contributed by atoms with van der Waals surface area (Å²) in [6.07, 6.45) is -18.7.